The van der Waals surface area contributed by atoms with Gasteiger partial charge in [0, 0.05) is 6.42 Å². The van der Waals surface area contributed by atoms with Crippen molar-refractivity contribution >= 4 is 13.5 Å². The summed E-state index contributed by atoms with van der Waals surface area (Å²) in [7, 11) is -3.25. The normalized spacial score (nSPS) is 15.0. The van der Waals surface area contributed by atoms with E-state index in [0.29, 0.717) is 6.42 Å². The smallest absolute Gasteiger partial charge is 0.333 e. The minimum absolute atomic E-state index is 0.0494. The van der Waals surface area contributed by atoms with Gasteiger partial charge in [-0.25, -0.2) is 0 Å². The van der Waals surface area contributed by atoms with E-state index in [1.54, 1.807) is 20.8 Å². The van der Waals surface area contributed by atoms with Crippen molar-refractivity contribution < 1.29 is 23.5 Å². The molecule has 0 aromatic carbocycles. The molecule has 114 valence electrons. The molecule has 0 saturated heterocycles. The Morgan fingerprint density at radius 1 is 1.26 bits per heavy atom. The second kappa shape index (κ2) is 9.48. The predicted octanol–water partition coefficient (Wildman–Crippen LogP) is 1.92. The maximum Gasteiger partial charge on any atom is 0.333 e. The van der Waals surface area contributed by atoms with Crippen LogP contribution in [0.1, 0.15) is 40.5 Å². The van der Waals surface area contributed by atoms with Crippen molar-refractivity contribution in [3.05, 3.63) is 0 Å². The molecule has 0 saturated carbocycles. The Morgan fingerprint density at radius 2 is 1.79 bits per heavy atom. The fraction of sp³-hybridized carbons (Fsp3) is 0.917. The Labute approximate surface area is 115 Å². The van der Waals surface area contributed by atoms with Gasteiger partial charge in [-0.15, -0.1) is 0 Å². The molecule has 1 amide bonds. The molecule has 19 heavy (non-hydrogen) atoms. The third kappa shape index (κ3) is 6.52. The number of nitrogens with one attached hydrogen (secondary N) is 1. The highest BCUT2D eigenvalue weighted by Crippen LogP contribution is 2.53. The number of carbonyl (C=O) groups excluding carboxylic acids is 1. The Balaban J connectivity index is 4.50. The third-order valence-electron chi connectivity index (χ3n) is 2.72. The number of aliphatic hydroxyl groups is 1. The quantitative estimate of drug-likeness (QED) is 0.601. The first-order valence-electron chi connectivity index (χ1n) is 6.72. The van der Waals surface area contributed by atoms with E-state index in [1.807, 2.05) is 6.92 Å². The lowest BCUT2D eigenvalue weighted by Crippen LogP contribution is -2.38. The zero-order valence-corrected chi connectivity index (χ0v) is 13.1. The fourth-order valence-electron chi connectivity index (χ4n) is 1.60. The average molecular weight is 295 g/mol. The molecule has 6 nitrogen and oxygen atoms in total. The highest BCUT2D eigenvalue weighted by Gasteiger charge is 2.33. The van der Waals surface area contributed by atoms with Crippen molar-refractivity contribution in [3.63, 3.8) is 0 Å². The molecule has 0 spiro atoms. The summed E-state index contributed by atoms with van der Waals surface area (Å²) in [5.41, 5.74) is -0.511. The Hall–Kier alpha value is -0.420. The third-order valence-corrected chi connectivity index (χ3v) is 5.22. The molecule has 7 heteroatoms. The highest BCUT2D eigenvalue weighted by molar-refractivity contribution is 7.54. The van der Waals surface area contributed by atoms with Gasteiger partial charge in [-0.2, -0.15) is 0 Å². The Bertz CT molecular complexity index is 296. The summed E-state index contributed by atoms with van der Waals surface area (Å²) in [6, 6.07) is -0.265. The molecule has 0 aromatic heterocycles. The molecule has 0 aliphatic rings. The second-order valence-corrected chi connectivity index (χ2v) is 6.76. The van der Waals surface area contributed by atoms with Gasteiger partial charge in [0.1, 0.15) is 0 Å². The van der Waals surface area contributed by atoms with E-state index in [1.165, 1.54) is 0 Å². The second-order valence-electron chi connectivity index (χ2n) is 4.28. The van der Waals surface area contributed by atoms with E-state index >= 15 is 0 Å². The molecule has 0 heterocycles. The van der Waals surface area contributed by atoms with E-state index in [0.717, 1.165) is 0 Å². The molecule has 2 atom stereocenters. The van der Waals surface area contributed by atoms with Crippen molar-refractivity contribution in [2.75, 3.05) is 19.8 Å². The first-order valence-corrected chi connectivity index (χ1v) is 8.33. The first-order chi connectivity index (χ1) is 8.93. The molecule has 0 radical (unpaired) electrons. The summed E-state index contributed by atoms with van der Waals surface area (Å²) in [5.74, 6) is -0.256. The summed E-state index contributed by atoms with van der Waals surface area (Å²) in [6.45, 7) is 7.45. The summed E-state index contributed by atoms with van der Waals surface area (Å²) in [4.78, 5) is 11.8. The molecule has 2 N–H and O–H groups in total. The maximum absolute atomic E-state index is 12.4. The number of hydrogen-bond donors (Lipinski definition) is 2. The summed E-state index contributed by atoms with van der Waals surface area (Å²) in [6.07, 6.45) is 0.693. The van der Waals surface area contributed by atoms with Crippen molar-refractivity contribution in [3.8, 4) is 0 Å². The topological polar surface area (TPSA) is 84.9 Å². The van der Waals surface area contributed by atoms with Crippen molar-refractivity contribution in [2.45, 2.75) is 52.2 Å². The first kappa shape index (κ1) is 18.6. The fourth-order valence-corrected chi connectivity index (χ4v) is 3.29. The van der Waals surface area contributed by atoms with Gasteiger partial charge in [0.05, 0.1) is 31.5 Å². The van der Waals surface area contributed by atoms with Crippen LogP contribution in [0.3, 0.4) is 0 Å². The van der Waals surface area contributed by atoms with Crippen molar-refractivity contribution in [2.24, 2.45) is 0 Å². The van der Waals surface area contributed by atoms with Crippen molar-refractivity contribution in [1.82, 2.24) is 5.32 Å². The molecule has 0 aliphatic heterocycles. The van der Waals surface area contributed by atoms with Crippen LogP contribution in [0.4, 0.5) is 0 Å². The zero-order chi connectivity index (χ0) is 14.9. The van der Waals surface area contributed by atoms with Gasteiger partial charge < -0.3 is 19.5 Å². The molecule has 0 fully saturated rings. The van der Waals surface area contributed by atoms with Gasteiger partial charge in [-0.3, -0.25) is 9.36 Å². The molecule has 0 aliphatic carbocycles. The standard InChI is InChI=1S/C12H26NO5P/c1-5-11(9-14)13-12(15)8-10(4)19(16,17-6-2)18-7-3/h10-11,14H,5-9H2,1-4H3,(H,13,15). The van der Waals surface area contributed by atoms with Crippen LogP contribution in [0.5, 0.6) is 0 Å². The van der Waals surface area contributed by atoms with Crippen LogP contribution in [-0.4, -0.2) is 42.5 Å². The number of carbonyl (C=O) groups is 1. The molecular formula is C12H26NO5P. The maximum atomic E-state index is 12.4. The van der Waals surface area contributed by atoms with E-state index < -0.39 is 13.3 Å². The lowest BCUT2D eigenvalue weighted by atomic mass is 10.2. The van der Waals surface area contributed by atoms with E-state index in [9.17, 15) is 9.36 Å². The SMILES string of the molecule is CCOP(=O)(OCC)C(C)CC(=O)NC(CC)CO. The lowest BCUT2D eigenvalue weighted by Gasteiger charge is -2.23. The average Bonchev–Trinajstić information content (AvgIpc) is 2.36. The minimum atomic E-state index is -3.25. The molecular weight excluding hydrogens is 269 g/mol. The van der Waals surface area contributed by atoms with E-state index in [2.05, 4.69) is 5.32 Å². The molecule has 2 unspecified atom stereocenters. The van der Waals surface area contributed by atoms with Crippen molar-refractivity contribution in [1.29, 1.82) is 0 Å². The van der Waals surface area contributed by atoms with Gasteiger partial charge in [0.2, 0.25) is 5.91 Å². The summed E-state index contributed by atoms with van der Waals surface area (Å²) >= 11 is 0. The zero-order valence-electron chi connectivity index (χ0n) is 12.2. The number of amides is 1. The minimum Gasteiger partial charge on any atom is -0.394 e. The number of hydrogen-bond acceptors (Lipinski definition) is 5. The largest absolute Gasteiger partial charge is 0.394 e. The molecule has 0 bridgehead atoms. The highest BCUT2D eigenvalue weighted by atomic mass is 31.2. The predicted molar refractivity (Wildman–Crippen MR) is 74.2 cm³/mol. The Kier molecular flexibility index (Phi) is 9.27. The van der Waals surface area contributed by atoms with Gasteiger partial charge in [-0.1, -0.05) is 13.8 Å². The number of rotatable bonds is 10. The molecule has 0 aromatic rings. The van der Waals surface area contributed by atoms with E-state index in [4.69, 9.17) is 14.2 Å². The molecule has 0 rings (SSSR count). The van der Waals surface area contributed by atoms with Crippen LogP contribution in [0, 0.1) is 0 Å². The van der Waals surface area contributed by atoms with Crippen LogP contribution in [0.25, 0.3) is 0 Å². The van der Waals surface area contributed by atoms with Gasteiger partial charge >= 0.3 is 7.60 Å². The summed E-state index contributed by atoms with van der Waals surface area (Å²) < 4.78 is 22.8. The monoisotopic (exact) mass is 295 g/mol. The van der Waals surface area contributed by atoms with Crippen LogP contribution in [-0.2, 0) is 18.4 Å². The Morgan fingerprint density at radius 3 is 2.16 bits per heavy atom. The van der Waals surface area contributed by atoms with Crippen LogP contribution < -0.4 is 5.32 Å². The van der Waals surface area contributed by atoms with Gasteiger partial charge in [-0.05, 0) is 20.3 Å². The number of aliphatic hydroxyl groups excluding tert-OH is 1. The van der Waals surface area contributed by atoms with Crippen LogP contribution in [0.2, 0.25) is 0 Å². The van der Waals surface area contributed by atoms with Crippen LogP contribution >= 0.6 is 7.60 Å². The van der Waals surface area contributed by atoms with Crippen LogP contribution in [0.15, 0.2) is 0 Å². The lowest BCUT2D eigenvalue weighted by molar-refractivity contribution is -0.122. The van der Waals surface area contributed by atoms with Gasteiger partial charge in [0.15, 0.2) is 0 Å². The van der Waals surface area contributed by atoms with E-state index in [-0.39, 0.29) is 38.2 Å². The van der Waals surface area contributed by atoms with Gasteiger partial charge in [0.25, 0.3) is 0 Å². The summed E-state index contributed by atoms with van der Waals surface area (Å²) in [5, 5.41) is 11.7.